The Morgan fingerprint density at radius 1 is 0.967 bits per heavy atom. The normalized spacial score (nSPS) is 28.6. The predicted octanol–water partition coefficient (Wildman–Crippen LogP) is 0.304. The lowest BCUT2D eigenvalue weighted by Gasteiger charge is -2.33. The number of benzene rings is 1. The molecule has 2 aliphatic heterocycles. The molecule has 1 aromatic rings. The number of likely N-dealkylation sites (N-methyl/N-ethyl adjacent to an activating group) is 2. The summed E-state index contributed by atoms with van der Waals surface area (Å²) in [6.07, 6.45) is 0.778. The first-order valence-corrected chi connectivity index (χ1v) is 11.8. The fourth-order valence-corrected chi connectivity index (χ4v) is 4.59. The molecule has 0 radical (unpaired) electrons. The van der Waals surface area contributed by atoms with Crippen molar-refractivity contribution in [1.29, 1.82) is 0 Å². The number of likely N-dealkylation sites (tertiary alicyclic amines) is 2. The second kappa shape index (κ2) is 11.5. The molecule has 2 saturated heterocycles. The Bertz CT molecular complexity index is 742. The molecular weight excluding hydrogens is 408 g/mol. The van der Waals surface area contributed by atoms with Gasteiger partial charge in [0.15, 0.2) is 0 Å². The highest BCUT2D eigenvalue weighted by atomic mass is 32.2. The number of nitrogens with zero attached hydrogens (tertiary/aromatic N) is 2. The molecule has 2 heterocycles. The number of β-amino-alcohol motifs (C(OH)–C–C–N with tert-alkyl or cyclic N) is 2. The summed E-state index contributed by atoms with van der Waals surface area (Å²) in [4.78, 5) is 4.26. The minimum absolute atomic E-state index is 0.0330. The van der Waals surface area contributed by atoms with Gasteiger partial charge in [0.05, 0.1) is 23.7 Å². The smallest absolute Gasteiger partial charge is 0.296 e. The molecule has 0 aliphatic carbocycles. The van der Waals surface area contributed by atoms with Crippen LogP contribution >= 0.6 is 0 Å². The molecule has 0 amide bonds. The predicted molar refractivity (Wildman–Crippen MR) is 115 cm³/mol. The highest BCUT2D eigenvalue weighted by molar-refractivity contribution is 7.86. The summed E-state index contributed by atoms with van der Waals surface area (Å²) in [5.74, 6) is -0.0253. The number of aliphatic hydroxyl groups is 3. The van der Waals surface area contributed by atoms with Crippen LogP contribution in [0.15, 0.2) is 29.2 Å². The van der Waals surface area contributed by atoms with Crippen LogP contribution in [-0.2, 0) is 14.3 Å². The average molecular weight is 445 g/mol. The number of rotatable bonds is 5. The molecule has 0 saturated carbocycles. The third-order valence-electron chi connectivity index (χ3n) is 5.83. The summed E-state index contributed by atoms with van der Waals surface area (Å²) >= 11 is 0. The van der Waals surface area contributed by atoms with Crippen LogP contribution in [0.5, 0.6) is 0 Å². The standard InChI is InChI=1S/C14H21NO4S.C7H15NO2/c1-11-3-5-13(6-4-11)20(17,18)19-10-12-7-8-15(2)9-14(12)16;1-8-3-2-6(5-9)7(10)4-8/h3-6,12,14,16H,7-10H2,1-2H3;6-7,9-10H,2-5H2,1H3/t12-,14-;6-,7-/m11/s1. The van der Waals surface area contributed by atoms with Gasteiger partial charge in [-0.2, -0.15) is 8.42 Å². The summed E-state index contributed by atoms with van der Waals surface area (Å²) in [5.41, 5.74) is 0.995. The Labute approximate surface area is 180 Å². The molecule has 0 bridgehead atoms. The number of aliphatic hydroxyl groups excluding tert-OH is 3. The van der Waals surface area contributed by atoms with Gasteiger partial charge in [0.1, 0.15) is 0 Å². The maximum Gasteiger partial charge on any atom is 0.296 e. The Kier molecular flexibility index (Phi) is 9.67. The van der Waals surface area contributed by atoms with E-state index < -0.39 is 16.2 Å². The third-order valence-corrected chi connectivity index (χ3v) is 7.13. The Hall–Kier alpha value is -1.07. The van der Waals surface area contributed by atoms with E-state index in [2.05, 4.69) is 4.90 Å². The SMILES string of the molecule is CN1CC[C@H](CO)[C@H](O)C1.Cc1ccc(S(=O)(=O)OC[C@H]2CCN(C)C[C@H]2O)cc1. The van der Waals surface area contributed by atoms with Crippen molar-refractivity contribution < 1.29 is 27.9 Å². The quantitative estimate of drug-likeness (QED) is 0.557. The molecule has 1 aromatic carbocycles. The van der Waals surface area contributed by atoms with E-state index in [1.165, 1.54) is 12.1 Å². The van der Waals surface area contributed by atoms with Crippen molar-refractivity contribution in [3.8, 4) is 0 Å². The zero-order valence-corrected chi connectivity index (χ0v) is 19.0. The molecule has 172 valence electrons. The molecule has 2 fully saturated rings. The van der Waals surface area contributed by atoms with Gasteiger partial charge in [0.25, 0.3) is 10.1 Å². The van der Waals surface area contributed by atoms with Crippen LogP contribution in [-0.4, -0.2) is 99.2 Å². The highest BCUT2D eigenvalue weighted by Gasteiger charge is 2.28. The second-order valence-corrected chi connectivity index (χ2v) is 10.1. The molecule has 0 aromatic heterocycles. The first-order chi connectivity index (χ1) is 14.1. The van der Waals surface area contributed by atoms with Crippen LogP contribution in [0.4, 0.5) is 0 Å². The fourth-order valence-electron chi connectivity index (χ4n) is 3.63. The molecule has 0 spiro atoms. The second-order valence-electron chi connectivity index (χ2n) is 8.49. The zero-order valence-electron chi connectivity index (χ0n) is 18.1. The van der Waals surface area contributed by atoms with Crippen LogP contribution in [0.1, 0.15) is 18.4 Å². The number of aryl methyl sites for hydroxylation is 1. The molecule has 8 nitrogen and oxygen atoms in total. The number of piperidine rings is 2. The van der Waals surface area contributed by atoms with Gasteiger partial charge in [-0.3, -0.25) is 4.18 Å². The molecular formula is C21H36N2O6S. The van der Waals surface area contributed by atoms with Gasteiger partial charge >= 0.3 is 0 Å². The van der Waals surface area contributed by atoms with E-state index >= 15 is 0 Å². The number of hydrogen-bond donors (Lipinski definition) is 3. The largest absolute Gasteiger partial charge is 0.396 e. The molecule has 4 atom stereocenters. The lowest BCUT2D eigenvalue weighted by Crippen LogP contribution is -2.43. The Balaban J connectivity index is 0.000000269. The van der Waals surface area contributed by atoms with Crippen LogP contribution in [0.2, 0.25) is 0 Å². The van der Waals surface area contributed by atoms with Crippen LogP contribution in [0, 0.1) is 18.8 Å². The maximum absolute atomic E-state index is 12.0. The summed E-state index contributed by atoms with van der Waals surface area (Å²) in [6, 6.07) is 6.55. The van der Waals surface area contributed by atoms with Crippen LogP contribution in [0.3, 0.4) is 0 Å². The van der Waals surface area contributed by atoms with Crippen molar-refractivity contribution in [3.05, 3.63) is 29.8 Å². The molecule has 9 heteroatoms. The lowest BCUT2D eigenvalue weighted by molar-refractivity contribution is 0.00662. The molecule has 3 rings (SSSR count). The van der Waals surface area contributed by atoms with Gasteiger partial charge in [-0.15, -0.1) is 0 Å². The summed E-state index contributed by atoms with van der Waals surface area (Å²) < 4.78 is 29.2. The van der Waals surface area contributed by atoms with E-state index in [0.717, 1.165) is 31.5 Å². The van der Waals surface area contributed by atoms with Crippen molar-refractivity contribution in [2.75, 3.05) is 53.5 Å². The third kappa shape index (κ3) is 7.56. The minimum atomic E-state index is -3.74. The van der Waals surface area contributed by atoms with Crippen molar-refractivity contribution in [1.82, 2.24) is 9.80 Å². The van der Waals surface area contributed by atoms with E-state index in [9.17, 15) is 18.6 Å². The van der Waals surface area contributed by atoms with Crippen molar-refractivity contribution >= 4 is 10.1 Å². The first kappa shape index (κ1) is 25.2. The van der Waals surface area contributed by atoms with E-state index in [1.807, 2.05) is 25.9 Å². The van der Waals surface area contributed by atoms with Gasteiger partial charge in [-0.05, 0) is 59.1 Å². The monoisotopic (exact) mass is 444 g/mol. The fraction of sp³-hybridized carbons (Fsp3) is 0.714. The van der Waals surface area contributed by atoms with Gasteiger partial charge in [0, 0.05) is 31.5 Å². The topological polar surface area (TPSA) is 111 Å². The van der Waals surface area contributed by atoms with Crippen LogP contribution in [0.25, 0.3) is 0 Å². The van der Waals surface area contributed by atoms with Gasteiger partial charge < -0.3 is 25.1 Å². The van der Waals surface area contributed by atoms with Gasteiger partial charge in [-0.25, -0.2) is 0 Å². The van der Waals surface area contributed by atoms with E-state index in [0.29, 0.717) is 13.1 Å². The van der Waals surface area contributed by atoms with Crippen molar-refractivity contribution in [2.45, 2.75) is 36.9 Å². The van der Waals surface area contributed by atoms with E-state index in [-0.39, 0.29) is 36.0 Å². The highest BCUT2D eigenvalue weighted by Crippen LogP contribution is 2.20. The van der Waals surface area contributed by atoms with Crippen molar-refractivity contribution in [3.63, 3.8) is 0 Å². The zero-order chi connectivity index (χ0) is 22.3. The minimum Gasteiger partial charge on any atom is -0.396 e. The summed E-state index contributed by atoms with van der Waals surface area (Å²) in [6.45, 7) is 5.13. The Morgan fingerprint density at radius 2 is 1.47 bits per heavy atom. The molecule has 0 unspecified atom stereocenters. The average Bonchev–Trinajstić information content (AvgIpc) is 2.68. The van der Waals surface area contributed by atoms with Gasteiger partial charge in [-0.1, -0.05) is 17.7 Å². The first-order valence-electron chi connectivity index (χ1n) is 10.4. The molecule has 30 heavy (non-hydrogen) atoms. The van der Waals surface area contributed by atoms with Crippen LogP contribution < -0.4 is 0 Å². The maximum atomic E-state index is 12.0. The van der Waals surface area contributed by atoms with E-state index in [1.54, 1.807) is 12.1 Å². The Morgan fingerprint density at radius 3 is 1.93 bits per heavy atom. The number of hydrogen-bond acceptors (Lipinski definition) is 8. The summed E-state index contributed by atoms with van der Waals surface area (Å²) in [5, 5.41) is 28.0. The van der Waals surface area contributed by atoms with E-state index in [4.69, 9.17) is 9.29 Å². The summed E-state index contributed by atoms with van der Waals surface area (Å²) in [7, 11) is 0.179. The van der Waals surface area contributed by atoms with Gasteiger partial charge in [0.2, 0.25) is 0 Å². The molecule has 3 N–H and O–H groups in total. The lowest BCUT2D eigenvalue weighted by atomic mass is 9.95. The molecule has 2 aliphatic rings. The van der Waals surface area contributed by atoms with Crippen molar-refractivity contribution in [2.24, 2.45) is 11.8 Å².